The van der Waals surface area contributed by atoms with E-state index in [0.29, 0.717) is 30.0 Å². The maximum atomic E-state index is 13.8. The van der Waals surface area contributed by atoms with Crippen LogP contribution in [0.25, 0.3) is 6.08 Å². The minimum atomic E-state index is -3.60. The highest BCUT2D eigenvalue weighted by Crippen LogP contribution is 2.30. The molecule has 1 heterocycles. The summed E-state index contributed by atoms with van der Waals surface area (Å²) in [4.78, 5) is 47.7. The largest absolute Gasteiger partial charge is 0.369 e. The maximum absolute atomic E-state index is 13.8. The maximum Gasteiger partial charge on any atom is 0.297 e. The van der Waals surface area contributed by atoms with E-state index in [1.54, 1.807) is 60.8 Å². The molecule has 4 aromatic rings. The lowest BCUT2D eigenvalue weighted by molar-refractivity contribution is -0.384. The van der Waals surface area contributed by atoms with Gasteiger partial charge in [-0.1, -0.05) is 17.7 Å². The van der Waals surface area contributed by atoms with Crippen molar-refractivity contribution in [3.63, 3.8) is 0 Å². The van der Waals surface area contributed by atoms with Crippen molar-refractivity contribution in [1.29, 1.82) is 15.8 Å². The molecule has 4 aromatic carbocycles. The number of benzene rings is 4. The van der Waals surface area contributed by atoms with E-state index < -0.39 is 26.8 Å². The van der Waals surface area contributed by atoms with Gasteiger partial charge in [0.25, 0.3) is 17.5 Å². The van der Waals surface area contributed by atoms with Crippen LogP contribution in [-0.2, 0) is 14.8 Å². The Hall–Kier alpha value is -7.39. The van der Waals surface area contributed by atoms with Gasteiger partial charge in [-0.2, -0.15) is 20.8 Å². The number of amidine groups is 1. The summed E-state index contributed by atoms with van der Waals surface area (Å²) in [5, 5.41) is 40.1. The van der Waals surface area contributed by atoms with Gasteiger partial charge >= 0.3 is 0 Å². The highest BCUT2D eigenvalue weighted by atomic mass is 35.5. The zero-order valence-corrected chi connectivity index (χ0v) is 34.3. The van der Waals surface area contributed by atoms with Crippen LogP contribution in [0.2, 0.25) is 5.02 Å². The van der Waals surface area contributed by atoms with Gasteiger partial charge in [0, 0.05) is 66.3 Å². The first kappa shape index (κ1) is 43.7. The van der Waals surface area contributed by atoms with Crippen LogP contribution in [-0.4, -0.2) is 68.1 Å². The minimum absolute atomic E-state index is 0.0299. The van der Waals surface area contributed by atoms with E-state index in [0.717, 1.165) is 39.7 Å². The number of hydrazine groups is 1. The monoisotopic (exact) mass is 845 g/mol. The molecule has 0 saturated heterocycles. The number of nitro benzene ring substituents is 1. The number of hydrogen-bond acceptors (Lipinski definition) is 11. The Balaban J connectivity index is 1.43. The number of carbonyl (C=O) groups is 2. The molecule has 2 N–H and O–H groups in total. The lowest BCUT2D eigenvalue weighted by atomic mass is 10.1. The van der Waals surface area contributed by atoms with Crippen LogP contribution in [0.5, 0.6) is 0 Å². The molecule has 16 nitrogen and oxygen atoms in total. The van der Waals surface area contributed by atoms with Crippen molar-refractivity contribution >= 4 is 74.3 Å². The standard InChI is InChI=1S/C42H37ClN10O6S/c1-28-23-34(50(20-4-17-44)21-5-18-45)13-9-31(28)25-39-42(55)48-40(37-26-36(53(56)57)15-16-38(37)43)52(39)49-41(54)30-7-11-33(12-8-30)47-27-32-10-14-35(24-29(32)2)51(22-6-19-46)60(3,58)59/h7-16,23-27H,4-6,20-22H2,1-3H3,(H,49,54)/p+1. The molecule has 0 saturated carbocycles. The molecule has 0 aliphatic carbocycles. The third-order valence-electron chi connectivity index (χ3n) is 9.30. The van der Waals surface area contributed by atoms with E-state index in [4.69, 9.17) is 27.4 Å². The first-order valence-corrected chi connectivity index (χ1v) is 20.5. The van der Waals surface area contributed by atoms with Gasteiger partial charge < -0.3 is 4.90 Å². The lowest BCUT2D eigenvalue weighted by Crippen LogP contribution is -2.61. The molecular formula is C42H38ClN10O6S+. The van der Waals surface area contributed by atoms with Gasteiger partial charge in [0.05, 0.1) is 59.4 Å². The topological polar surface area (TPSA) is 231 Å². The van der Waals surface area contributed by atoms with Crippen molar-refractivity contribution in [2.45, 2.75) is 33.1 Å². The summed E-state index contributed by atoms with van der Waals surface area (Å²) in [5.74, 6) is -1.53. The predicted molar refractivity (Wildman–Crippen MR) is 227 cm³/mol. The fraction of sp³-hybridized carbons (Fsp3) is 0.214. The molecule has 1 aliphatic rings. The van der Waals surface area contributed by atoms with Gasteiger partial charge in [0.1, 0.15) is 5.70 Å². The van der Waals surface area contributed by atoms with Gasteiger partial charge in [-0.3, -0.25) is 29.4 Å². The number of aryl methyl sites for hydroxylation is 2. The Labute approximate surface area is 351 Å². The summed E-state index contributed by atoms with van der Waals surface area (Å²) in [5.41, 5.74) is 7.25. The van der Waals surface area contributed by atoms with Crippen molar-refractivity contribution in [3.05, 3.63) is 133 Å². The number of hydrogen-bond donors (Lipinski definition) is 2. The summed E-state index contributed by atoms with van der Waals surface area (Å²) in [6.45, 7) is 4.50. The number of nitrogens with zero attached hydrogens (tertiary/aromatic N) is 8. The summed E-state index contributed by atoms with van der Waals surface area (Å²) in [6, 6.07) is 26.8. The number of nitro groups is 1. The SMILES string of the molecule is Cc1cc(N(CCC#N)CCC#N)ccc1C=C1C(=O)N=C(c2cc([N+](=O)[O-])ccc2Cl)N1NC(=O)c1ccc([NH+]=Cc2ccc(N(CCC#N)S(C)(=O)=O)cc2C)cc1. The second-order valence-electron chi connectivity index (χ2n) is 13.5. The molecular weight excluding hydrogens is 808 g/mol. The Morgan fingerprint density at radius 3 is 2.10 bits per heavy atom. The second-order valence-corrected chi connectivity index (χ2v) is 15.8. The summed E-state index contributed by atoms with van der Waals surface area (Å²) >= 11 is 6.49. The Morgan fingerprint density at radius 2 is 1.50 bits per heavy atom. The average Bonchev–Trinajstić information content (AvgIpc) is 3.51. The van der Waals surface area contributed by atoms with Gasteiger partial charge in [0.15, 0.2) is 12.1 Å². The van der Waals surface area contributed by atoms with Gasteiger partial charge in [0.2, 0.25) is 15.7 Å². The van der Waals surface area contributed by atoms with Crippen molar-refractivity contribution in [3.8, 4) is 18.2 Å². The first-order valence-electron chi connectivity index (χ1n) is 18.3. The summed E-state index contributed by atoms with van der Waals surface area (Å²) in [6.07, 6.45) is 4.89. The molecule has 0 atom stereocenters. The van der Waals surface area contributed by atoms with E-state index in [9.17, 15) is 28.1 Å². The molecule has 0 unspecified atom stereocenters. The van der Waals surface area contributed by atoms with Crippen LogP contribution in [0, 0.1) is 58.0 Å². The van der Waals surface area contributed by atoms with Crippen molar-refractivity contribution < 1.29 is 27.9 Å². The van der Waals surface area contributed by atoms with Gasteiger partial charge in [-0.25, -0.2) is 18.4 Å². The zero-order chi connectivity index (χ0) is 43.6. The number of amides is 2. The molecule has 0 aromatic heterocycles. The third kappa shape index (κ3) is 10.6. The number of nitriles is 3. The predicted octanol–water partition coefficient (Wildman–Crippen LogP) is 4.98. The molecule has 2 amide bonds. The average molecular weight is 846 g/mol. The smallest absolute Gasteiger partial charge is 0.297 e. The molecule has 304 valence electrons. The zero-order valence-electron chi connectivity index (χ0n) is 32.7. The second kappa shape index (κ2) is 19.4. The lowest BCUT2D eigenvalue weighted by Gasteiger charge is -2.24. The number of sulfonamides is 1. The van der Waals surface area contributed by atoms with Crippen molar-refractivity contribution in [2.75, 3.05) is 35.1 Å². The van der Waals surface area contributed by atoms with E-state index in [1.807, 2.05) is 30.9 Å². The molecule has 0 fully saturated rings. The Morgan fingerprint density at radius 1 is 0.900 bits per heavy atom. The van der Waals surface area contributed by atoms with Crippen LogP contribution in [0.15, 0.2) is 89.6 Å². The Bertz CT molecular complexity index is 2660. The number of aliphatic imine (C=N–C) groups is 1. The van der Waals surface area contributed by atoms with E-state index >= 15 is 0 Å². The van der Waals surface area contributed by atoms with E-state index in [2.05, 4.69) is 27.5 Å². The molecule has 1 aliphatic heterocycles. The van der Waals surface area contributed by atoms with Crippen LogP contribution >= 0.6 is 11.6 Å². The molecule has 5 rings (SSSR count). The number of carbonyl (C=O) groups excluding carboxylic acids is 2. The van der Waals surface area contributed by atoms with Gasteiger partial charge in [-0.15, -0.1) is 0 Å². The minimum Gasteiger partial charge on any atom is -0.369 e. The number of nitrogens with one attached hydrogen (secondary N) is 2. The number of anilines is 2. The highest BCUT2D eigenvalue weighted by molar-refractivity contribution is 7.92. The van der Waals surface area contributed by atoms with Crippen molar-refractivity contribution in [1.82, 2.24) is 10.4 Å². The molecule has 18 heteroatoms. The highest BCUT2D eigenvalue weighted by Gasteiger charge is 2.34. The Kier molecular flexibility index (Phi) is 14.1. The van der Waals surface area contributed by atoms with Crippen LogP contribution in [0.1, 0.15) is 57.4 Å². The first-order chi connectivity index (χ1) is 28.6. The summed E-state index contributed by atoms with van der Waals surface area (Å²) < 4.78 is 25.9. The van der Waals surface area contributed by atoms with Crippen molar-refractivity contribution in [2.24, 2.45) is 4.99 Å². The fourth-order valence-corrected chi connectivity index (χ4v) is 7.32. The summed E-state index contributed by atoms with van der Waals surface area (Å²) in [7, 11) is -3.60. The third-order valence-corrected chi connectivity index (χ3v) is 10.8. The van der Waals surface area contributed by atoms with E-state index in [-0.39, 0.29) is 59.2 Å². The molecule has 0 bridgehead atoms. The number of non-ortho nitro benzene ring substituents is 1. The fourth-order valence-electron chi connectivity index (χ4n) is 6.20. The molecule has 0 radical (unpaired) electrons. The molecule has 60 heavy (non-hydrogen) atoms. The van der Waals surface area contributed by atoms with Gasteiger partial charge in [-0.05, 0) is 85.1 Å². The van der Waals surface area contributed by atoms with Crippen LogP contribution in [0.3, 0.4) is 0 Å². The number of rotatable bonds is 16. The quantitative estimate of drug-likeness (QED) is 0.0661. The molecule has 0 spiro atoms. The number of halogens is 1. The van der Waals surface area contributed by atoms with E-state index in [1.165, 1.54) is 22.5 Å². The van der Waals surface area contributed by atoms with Crippen LogP contribution < -0.4 is 19.6 Å². The normalized spacial score (nSPS) is 13.1. The van der Waals surface area contributed by atoms with Crippen LogP contribution in [0.4, 0.5) is 22.7 Å².